The minimum atomic E-state index is 0.662. The first-order valence-corrected chi connectivity index (χ1v) is 7.16. The third-order valence-corrected chi connectivity index (χ3v) is 4.20. The lowest BCUT2D eigenvalue weighted by Crippen LogP contribution is -2.49. The van der Waals surface area contributed by atoms with Gasteiger partial charge >= 0.3 is 0 Å². The van der Waals surface area contributed by atoms with Crippen LogP contribution in [0.4, 0.5) is 5.69 Å². The molecule has 1 aliphatic heterocycles. The van der Waals surface area contributed by atoms with E-state index in [1.54, 1.807) is 0 Å². The molecule has 0 bridgehead atoms. The molecule has 1 aromatic rings. The summed E-state index contributed by atoms with van der Waals surface area (Å²) in [5, 5.41) is 9.26. The van der Waals surface area contributed by atoms with Crippen LogP contribution in [0.5, 0.6) is 0 Å². The van der Waals surface area contributed by atoms with E-state index in [9.17, 15) is 5.26 Å². The second-order valence-electron chi connectivity index (χ2n) is 5.36. The van der Waals surface area contributed by atoms with Gasteiger partial charge in [0, 0.05) is 32.2 Å². The summed E-state index contributed by atoms with van der Waals surface area (Å²) in [6.45, 7) is 10.9. The molecule has 0 N–H and O–H groups in total. The minimum Gasteiger partial charge on any atom is -0.368 e. The molecule has 1 aromatic carbocycles. The fourth-order valence-electron chi connectivity index (χ4n) is 2.81. The van der Waals surface area contributed by atoms with Crippen molar-refractivity contribution in [1.29, 1.82) is 5.26 Å². The van der Waals surface area contributed by atoms with Crippen molar-refractivity contribution in [1.82, 2.24) is 4.90 Å². The van der Waals surface area contributed by atoms with Crippen LogP contribution in [-0.2, 0) is 0 Å². The van der Waals surface area contributed by atoms with Crippen LogP contribution in [0.2, 0.25) is 0 Å². The van der Waals surface area contributed by atoms with Crippen LogP contribution in [0.3, 0.4) is 0 Å². The SMILES string of the molecule is CCC(C)N1CCN(c2c(C)cccc2C#N)CC1. The Hall–Kier alpha value is -1.53. The number of hydrogen-bond acceptors (Lipinski definition) is 3. The van der Waals surface area contributed by atoms with Gasteiger partial charge in [-0.25, -0.2) is 0 Å². The molecule has 2 rings (SSSR count). The van der Waals surface area contributed by atoms with E-state index in [0.29, 0.717) is 6.04 Å². The molecule has 0 aromatic heterocycles. The second kappa shape index (κ2) is 6.08. The number of aryl methyl sites for hydroxylation is 1. The molecule has 0 saturated carbocycles. The van der Waals surface area contributed by atoms with Gasteiger partial charge in [0.2, 0.25) is 0 Å². The van der Waals surface area contributed by atoms with Crippen molar-refractivity contribution in [2.24, 2.45) is 0 Å². The van der Waals surface area contributed by atoms with E-state index in [1.165, 1.54) is 12.0 Å². The Kier molecular flexibility index (Phi) is 4.44. The van der Waals surface area contributed by atoms with Crippen molar-refractivity contribution in [3.05, 3.63) is 29.3 Å². The molecule has 1 aliphatic rings. The summed E-state index contributed by atoms with van der Waals surface area (Å²) in [7, 11) is 0. The van der Waals surface area contributed by atoms with Gasteiger partial charge in [-0.15, -0.1) is 0 Å². The highest BCUT2D eigenvalue weighted by Gasteiger charge is 2.22. The van der Waals surface area contributed by atoms with E-state index in [1.807, 2.05) is 12.1 Å². The average Bonchev–Trinajstić information content (AvgIpc) is 2.46. The fraction of sp³-hybridized carbons (Fsp3) is 0.562. The zero-order valence-corrected chi connectivity index (χ0v) is 12.2. The number of piperazine rings is 1. The van der Waals surface area contributed by atoms with Crippen LogP contribution in [-0.4, -0.2) is 37.1 Å². The van der Waals surface area contributed by atoms with Crippen molar-refractivity contribution in [2.45, 2.75) is 33.2 Å². The van der Waals surface area contributed by atoms with Crippen LogP contribution >= 0.6 is 0 Å². The van der Waals surface area contributed by atoms with Crippen LogP contribution < -0.4 is 4.90 Å². The first-order valence-electron chi connectivity index (χ1n) is 7.16. The lowest BCUT2D eigenvalue weighted by molar-refractivity contribution is 0.192. The molecule has 0 amide bonds. The average molecular weight is 257 g/mol. The topological polar surface area (TPSA) is 30.3 Å². The van der Waals surface area contributed by atoms with Gasteiger partial charge in [-0.05, 0) is 31.9 Å². The van der Waals surface area contributed by atoms with Crippen LogP contribution in [0.25, 0.3) is 0 Å². The Bertz CT molecular complexity index is 467. The Morgan fingerprint density at radius 1 is 1.26 bits per heavy atom. The number of benzene rings is 1. The van der Waals surface area contributed by atoms with E-state index in [4.69, 9.17) is 0 Å². The molecule has 3 heteroatoms. The highest BCUT2D eigenvalue weighted by molar-refractivity contribution is 5.64. The van der Waals surface area contributed by atoms with Gasteiger partial charge in [-0.3, -0.25) is 4.90 Å². The normalized spacial score (nSPS) is 18.1. The van der Waals surface area contributed by atoms with Crippen molar-refractivity contribution < 1.29 is 0 Å². The van der Waals surface area contributed by atoms with E-state index < -0.39 is 0 Å². The molecule has 1 heterocycles. The van der Waals surface area contributed by atoms with Crippen LogP contribution in [0, 0.1) is 18.3 Å². The van der Waals surface area contributed by atoms with E-state index in [-0.39, 0.29) is 0 Å². The van der Waals surface area contributed by atoms with E-state index in [0.717, 1.165) is 37.4 Å². The zero-order valence-electron chi connectivity index (χ0n) is 12.2. The first kappa shape index (κ1) is 13.9. The predicted octanol–water partition coefficient (Wildman–Crippen LogP) is 2.79. The van der Waals surface area contributed by atoms with E-state index >= 15 is 0 Å². The van der Waals surface area contributed by atoms with Crippen molar-refractivity contribution in [3.8, 4) is 6.07 Å². The molecule has 0 radical (unpaired) electrons. The lowest BCUT2D eigenvalue weighted by Gasteiger charge is -2.39. The van der Waals surface area contributed by atoms with Gasteiger partial charge in [0.25, 0.3) is 0 Å². The molecule has 1 saturated heterocycles. The maximum absolute atomic E-state index is 9.26. The summed E-state index contributed by atoms with van der Waals surface area (Å²) >= 11 is 0. The van der Waals surface area contributed by atoms with Gasteiger partial charge < -0.3 is 4.90 Å². The molecular weight excluding hydrogens is 234 g/mol. The standard InChI is InChI=1S/C16H23N3/c1-4-14(3)18-8-10-19(11-9-18)16-13(2)6-5-7-15(16)12-17/h5-7,14H,4,8-11H2,1-3H3. The third-order valence-electron chi connectivity index (χ3n) is 4.20. The molecule has 1 fully saturated rings. The molecule has 1 unspecified atom stereocenters. The Balaban J connectivity index is 2.12. The number of nitriles is 1. The summed E-state index contributed by atoms with van der Waals surface area (Å²) in [6.07, 6.45) is 1.20. The minimum absolute atomic E-state index is 0.662. The van der Waals surface area contributed by atoms with Crippen LogP contribution in [0.15, 0.2) is 18.2 Å². The molecule has 19 heavy (non-hydrogen) atoms. The van der Waals surface area contributed by atoms with Crippen LogP contribution in [0.1, 0.15) is 31.4 Å². The highest BCUT2D eigenvalue weighted by atomic mass is 15.3. The van der Waals surface area contributed by atoms with Gasteiger partial charge in [-0.2, -0.15) is 5.26 Å². The summed E-state index contributed by atoms with van der Waals surface area (Å²) in [5.41, 5.74) is 3.14. The monoisotopic (exact) mass is 257 g/mol. The molecular formula is C16H23N3. The fourth-order valence-corrected chi connectivity index (χ4v) is 2.81. The Labute approximate surface area is 116 Å². The quantitative estimate of drug-likeness (QED) is 0.834. The number of nitrogens with zero attached hydrogens (tertiary/aromatic N) is 3. The Morgan fingerprint density at radius 2 is 1.95 bits per heavy atom. The smallest absolute Gasteiger partial charge is 0.101 e. The number of hydrogen-bond donors (Lipinski definition) is 0. The Morgan fingerprint density at radius 3 is 2.53 bits per heavy atom. The first-order chi connectivity index (χ1) is 9.17. The lowest BCUT2D eigenvalue weighted by atomic mass is 10.1. The molecule has 0 aliphatic carbocycles. The molecule has 0 spiro atoms. The van der Waals surface area contributed by atoms with Gasteiger partial charge in [-0.1, -0.05) is 19.1 Å². The number of rotatable bonds is 3. The van der Waals surface area contributed by atoms with E-state index in [2.05, 4.69) is 42.7 Å². The van der Waals surface area contributed by atoms with Crippen molar-refractivity contribution >= 4 is 5.69 Å². The third kappa shape index (κ3) is 2.90. The second-order valence-corrected chi connectivity index (χ2v) is 5.36. The summed E-state index contributed by atoms with van der Waals surface area (Å²) in [5.74, 6) is 0. The van der Waals surface area contributed by atoms with Gasteiger partial charge in [0.05, 0.1) is 11.3 Å². The van der Waals surface area contributed by atoms with Crippen molar-refractivity contribution in [2.75, 3.05) is 31.1 Å². The number of anilines is 1. The molecule has 3 nitrogen and oxygen atoms in total. The summed E-state index contributed by atoms with van der Waals surface area (Å²) in [4.78, 5) is 4.91. The zero-order chi connectivity index (χ0) is 13.8. The van der Waals surface area contributed by atoms with Gasteiger partial charge in [0.15, 0.2) is 0 Å². The maximum atomic E-state index is 9.26. The summed E-state index contributed by atoms with van der Waals surface area (Å²) < 4.78 is 0. The maximum Gasteiger partial charge on any atom is 0.101 e. The largest absolute Gasteiger partial charge is 0.368 e. The summed E-state index contributed by atoms with van der Waals surface area (Å²) in [6, 6.07) is 8.96. The van der Waals surface area contributed by atoms with Gasteiger partial charge in [0.1, 0.15) is 6.07 Å². The number of para-hydroxylation sites is 1. The molecule has 1 atom stereocenters. The highest BCUT2D eigenvalue weighted by Crippen LogP contribution is 2.26. The van der Waals surface area contributed by atoms with Crippen molar-refractivity contribution in [3.63, 3.8) is 0 Å². The molecule has 102 valence electrons. The predicted molar refractivity (Wildman–Crippen MR) is 79.4 cm³/mol.